The summed E-state index contributed by atoms with van der Waals surface area (Å²) in [6.07, 6.45) is 22.1. The first-order valence-electron chi connectivity index (χ1n) is 10.8. The molecule has 0 saturated heterocycles. The minimum atomic E-state index is 0.366. The van der Waals surface area contributed by atoms with Gasteiger partial charge in [-0.05, 0) is 12.8 Å². The van der Waals surface area contributed by atoms with Crippen molar-refractivity contribution in [1.82, 2.24) is 0 Å². The molecule has 0 aromatic heterocycles. The van der Waals surface area contributed by atoms with Crippen molar-refractivity contribution >= 4 is 5.78 Å². The van der Waals surface area contributed by atoms with Gasteiger partial charge in [0.15, 0.2) is 0 Å². The maximum Gasteiger partial charge on any atom is 0.135 e. The second-order valence-corrected chi connectivity index (χ2v) is 7.34. The molecular weight excluding hydrogens is 280 g/mol. The number of carbonyl (C=O) groups excluding carboxylic acids is 1. The monoisotopic (exact) mass is 324 g/mol. The minimum Gasteiger partial charge on any atom is -0.299 e. The Morgan fingerprint density at radius 3 is 1.35 bits per heavy atom. The van der Waals surface area contributed by atoms with E-state index in [0.29, 0.717) is 11.7 Å². The number of ketones is 1. The molecule has 0 spiro atoms. The summed E-state index contributed by atoms with van der Waals surface area (Å²) in [5.41, 5.74) is 0. The van der Waals surface area contributed by atoms with Crippen LogP contribution in [0.25, 0.3) is 0 Å². The van der Waals surface area contributed by atoms with Crippen LogP contribution in [-0.4, -0.2) is 5.78 Å². The molecule has 0 aromatic rings. The second kappa shape index (κ2) is 18.0. The maximum atomic E-state index is 12.0. The van der Waals surface area contributed by atoms with E-state index >= 15 is 0 Å². The molecule has 0 rings (SSSR count). The van der Waals surface area contributed by atoms with E-state index in [1.165, 1.54) is 89.9 Å². The van der Waals surface area contributed by atoms with Gasteiger partial charge in [0.2, 0.25) is 0 Å². The van der Waals surface area contributed by atoms with Crippen LogP contribution in [0.2, 0.25) is 0 Å². The Morgan fingerprint density at radius 2 is 0.913 bits per heavy atom. The molecule has 0 aliphatic heterocycles. The summed E-state index contributed by atoms with van der Waals surface area (Å²) in [5.74, 6) is 0.873. The third-order valence-electron chi connectivity index (χ3n) is 5.12. The molecule has 1 nitrogen and oxygen atoms in total. The van der Waals surface area contributed by atoms with E-state index in [4.69, 9.17) is 0 Å². The number of unbranched alkanes of at least 4 members (excludes halogenated alkanes) is 12. The highest BCUT2D eigenvalue weighted by Gasteiger charge is 2.15. The molecule has 23 heavy (non-hydrogen) atoms. The first kappa shape index (κ1) is 22.7. The fraction of sp³-hybridized carbons (Fsp3) is 0.955. The molecule has 0 radical (unpaired) electrons. The summed E-state index contributed by atoms with van der Waals surface area (Å²) in [6.45, 7) is 6.54. The van der Waals surface area contributed by atoms with Crippen molar-refractivity contribution in [3.8, 4) is 0 Å². The van der Waals surface area contributed by atoms with Crippen LogP contribution in [0.15, 0.2) is 0 Å². The molecule has 0 heterocycles. The van der Waals surface area contributed by atoms with Crippen molar-refractivity contribution < 1.29 is 4.79 Å². The molecule has 0 aliphatic carbocycles. The van der Waals surface area contributed by atoms with Crippen LogP contribution in [0.5, 0.6) is 0 Å². The zero-order valence-electron chi connectivity index (χ0n) is 16.5. The van der Waals surface area contributed by atoms with Gasteiger partial charge in [0.1, 0.15) is 5.78 Å². The summed E-state index contributed by atoms with van der Waals surface area (Å²) in [4.78, 5) is 12.0. The molecule has 0 aromatic carbocycles. The van der Waals surface area contributed by atoms with Gasteiger partial charge in [0.25, 0.3) is 0 Å². The molecule has 1 heteroatoms. The van der Waals surface area contributed by atoms with Gasteiger partial charge in [0.05, 0.1) is 0 Å². The van der Waals surface area contributed by atoms with Crippen molar-refractivity contribution in [2.24, 2.45) is 5.92 Å². The summed E-state index contributed by atoms with van der Waals surface area (Å²) in [5, 5.41) is 0. The number of Topliss-reactive ketones (excluding diaryl/α,β-unsaturated/α-hetero) is 1. The standard InChI is InChI=1S/C22H44O/c1-4-7-9-10-11-12-13-14-15-16-18-20-21(22(23)6-3)19-17-8-5-2/h21H,4-20H2,1-3H3. The molecule has 0 fully saturated rings. The van der Waals surface area contributed by atoms with Crippen LogP contribution < -0.4 is 0 Å². The van der Waals surface area contributed by atoms with E-state index in [1.54, 1.807) is 0 Å². The SMILES string of the molecule is CCCCCCCCCCCCCC(CCCCC)C(=O)CC. The predicted molar refractivity (Wildman–Crippen MR) is 104 cm³/mol. The lowest BCUT2D eigenvalue weighted by atomic mass is 9.90. The lowest BCUT2D eigenvalue weighted by Crippen LogP contribution is -2.13. The molecular formula is C22H44O. The molecule has 0 aliphatic rings. The summed E-state index contributed by atoms with van der Waals surface area (Å²) >= 11 is 0. The Kier molecular flexibility index (Phi) is 17.8. The lowest BCUT2D eigenvalue weighted by molar-refractivity contribution is -0.123. The first-order chi connectivity index (χ1) is 11.3. The van der Waals surface area contributed by atoms with Crippen LogP contribution in [0.3, 0.4) is 0 Å². The molecule has 0 N–H and O–H groups in total. The smallest absolute Gasteiger partial charge is 0.135 e. The first-order valence-corrected chi connectivity index (χ1v) is 10.8. The molecule has 138 valence electrons. The third kappa shape index (κ3) is 15.0. The molecule has 1 unspecified atom stereocenters. The van der Waals surface area contributed by atoms with Gasteiger partial charge in [-0.1, -0.05) is 111 Å². The number of hydrogen-bond acceptors (Lipinski definition) is 1. The predicted octanol–water partition coefficient (Wildman–Crippen LogP) is 7.86. The van der Waals surface area contributed by atoms with Crippen LogP contribution in [0.1, 0.15) is 130 Å². The van der Waals surface area contributed by atoms with Crippen molar-refractivity contribution in [3.63, 3.8) is 0 Å². The zero-order chi connectivity index (χ0) is 17.2. The maximum absolute atomic E-state index is 12.0. The second-order valence-electron chi connectivity index (χ2n) is 7.34. The minimum absolute atomic E-state index is 0.366. The quantitative estimate of drug-likeness (QED) is 0.234. The summed E-state index contributed by atoms with van der Waals surface area (Å²) in [7, 11) is 0. The van der Waals surface area contributed by atoms with Crippen LogP contribution in [-0.2, 0) is 4.79 Å². The lowest BCUT2D eigenvalue weighted by Gasteiger charge is -2.14. The molecule has 0 saturated carbocycles. The molecule has 1 atom stereocenters. The highest BCUT2D eigenvalue weighted by atomic mass is 16.1. The average molecular weight is 325 g/mol. The highest BCUT2D eigenvalue weighted by molar-refractivity contribution is 5.80. The van der Waals surface area contributed by atoms with E-state index in [-0.39, 0.29) is 0 Å². The van der Waals surface area contributed by atoms with Gasteiger partial charge >= 0.3 is 0 Å². The van der Waals surface area contributed by atoms with Crippen molar-refractivity contribution in [3.05, 3.63) is 0 Å². The molecule has 0 amide bonds. The van der Waals surface area contributed by atoms with Crippen molar-refractivity contribution in [1.29, 1.82) is 0 Å². The van der Waals surface area contributed by atoms with Gasteiger partial charge < -0.3 is 0 Å². The summed E-state index contributed by atoms with van der Waals surface area (Å²) in [6, 6.07) is 0. The largest absolute Gasteiger partial charge is 0.299 e. The van der Waals surface area contributed by atoms with Gasteiger partial charge in [0, 0.05) is 12.3 Å². The topological polar surface area (TPSA) is 17.1 Å². The van der Waals surface area contributed by atoms with Gasteiger partial charge in [-0.3, -0.25) is 4.79 Å². The fourth-order valence-electron chi connectivity index (χ4n) is 3.45. The van der Waals surface area contributed by atoms with E-state index in [0.717, 1.165) is 19.3 Å². The Bertz CT molecular complexity index is 246. The fourth-order valence-corrected chi connectivity index (χ4v) is 3.45. The van der Waals surface area contributed by atoms with E-state index in [2.05, 4.69) is 13.8 Å². The average Bonchev–Trinajstić information content (AvgIpc) is 2.57. The third-order valence-corrected chi connectivity index (χ3v) is 5.12. The van der Waals surface area contributed by atoms with Gasteiger partial charge in [-0.25, -0.2) is 0 Å². The number of carbonyl (C=O) groups is 1. The Balaban J connectivity index is 3.49. The highest BCUT2D eigenvalue weighted by Crippen LogP contribution is 2.20. The van der Waals surface area contributed by atoms with E-state index < -0.39 is 0 Å². The van der Waals surface area contributed by atoms with Crippen LogP contribution in [0, 0.1) is 5.92 Å². The van der Waals surface area contributed by atoms with Crippen molar-refractivity contribution in [2.75, 3.05) is 0 Å². The Hall–Kier alpha value is -0.330. The Morgan fingerprint density at radius 1 is 0.565 bits per heavy atom. The summed E-state index contributed by atoms with van der Waals surface area (Å²) < 4.78 is 0. The normalized spacial score (nSPS) is 12.5. The number of rotatable bonds is 18. The van der Waals surface area contributed by atoms with Gasteiger partial charge in [-0.15, -0.1) is 0 Å². The van der Waals surface area contributed by atoms with Crippen molar-refractivity contribution in [2.45, 2.75) is 130 Å². The van der Waals surface area contributed by atoms with Crippen LogP contribution in [0.4, 0.5) is 0 Å². The Labute approximate surface area is 147 Å². The van der Waals surface area contributed by atoms with Gasteiger partial charge in [-0.2, -0.15) is 0 Å². The number of hydrogen-bond donors (Lipinski definition) is 0. The zero-order valence-corrected chi connectivity index (χ0v) is 16.5. The van der Waals surface area contributed by atoms with E-state index in [1.807, 2.05) is 6.92 Å². The van der Waals surface area contributed by atoms with E-state index in [9.17, 15) is 4.79 Å². The van der Waals surface area contributed by atoms with Crippen LogP contribution >= 0.6 is 0 Å². The molecule has 0 bridgehead atoms.